The van der Waals surface area contributed by atoms with E-state index < -0.39 is 5.54 Å². The van der Waals surface area contributed by atoms with Gasteiger partial charge < -0.3 is 15.5 Å². The van der Waals surface area contributed by atoms with Crippen LogP contribution in [0.5, 0.6) is 5.75 Å². The van der Waals surface area contributed by atoms with Gasteiger partial charge in [0.05, 0.1) is 5.56 Å². The predicted molar refractivity (Wildman–Crippen MR) is 69.1 cm³/mol. The molecule has 0 aliphatic rings. The van der Waals surface area contributed by atoms with Gasteiger partial charge in [0.1, 0.15) is 5.75 Å². The van der Waals surface area contributed by atoms with Crippen molar-refractivity contribution in [1.82, 2.24) is 5.32 Å². The second-order valence-corrected chi connectivity index (χ2v) is 5.39. The van der Waals surface area contributed by atoms with Gasteiger partial charge in [0, 0.05) is 16.6 Å². The first-order valence-corrected chi connectivity index (χ1v) is 6.07. The van der Waals surface area contributed by atoms with Crippen LogP contribution in [0.4, 0.5) is 0 Å². The number of halogens is 1. The maximum Gasteiger partial charge on any atom is 0.255 e. The molecule has 1 aromatic carbocycles. The Balaban J connectivity index is 2.83. The number of phenolic OH excluding ortho intramolecular Hbond substituents is 1. The first-order chi connectivity index (χ1) is 7.85. The quantitative estimate of drug-likeness (QED) is 0.797. The van der Waals surface area contributed by atoms with Gasteiger partial charge >= 0.3 is 0 Å². The Bertz CT molecular complexity index is 418. The van der Waals surface area contributed by atoms with Crippen molar-refractivity contribution in [3.8, 4) is 5.75 Å². The van der Waals surface area contributed by atoms with Gasteiger partial charge in [0.2, 0.25) is 0 Å². The van der Waals surface area contributed by atoms with Crippen molar-refractivity contribution in [2.75, 3.05) is 6.61 Å². The third-order valence-electron chi connectivity index (χ3n) is 2.39. The van der Waals surface area contributed by atoms with Crippen LogP contribution >= 0.6 is 15.9 Å². The summed E-state index contributed by atoms with van der Waals surface area (Å²) in [6.07, 6.45) is 0.454. The molecule has 0 fully saturated rings. The highest BCUT2D eigenvalue weighted by molar-refractivity contribution is 9.10. The Labute approximate surface area is 109 Å². The van der Waals surface area contributed by atoms with Crippen LogP contribution < -0.4 is 5.32 Å². The van der Waals surface area contributed by atoms with Crippen molar-refractivity contribution in [2.45, 2.75) is 25.8 Å². The van der Waals surface area contributed by atoms with Gasteiger partial charge in [0.25, 0.3) is 5.91 Å². The Kier molecular flexibility index (Phi) is 4.54. The fraction of sp³-hybridized carbons (Fsp3) is 0.417. The number of nitrogens with one attached hydrogen (secondary N) is 1. The highest BCUT2D eigenvalue weighted by atomic mass is 79.9. The Morgan fingerprint density at radius 2 is 2.12 bits per heavy atom. The Morgan fingerprint density at radius 3 is 2.65 bits per heavy atom. The van der Waals surface area contributed by atoms with Gasteiger partial charge in [-0.2, -0.15) is 0 Å². The normalized spacial score (nSPS) is 11.3. The molecule has 0 aliphatic carbocycles. The number of rotatable bonds is 4. The van der Waals surface area contributed by atoms with Gasteiger partial charge in [-0.1, -0.05) is 15.9 Å². The first-order valence-electron chi connectivity index (χ1n) is 5.27. The van der Waals surface area contributed by atoms with Gasteiger partial charge in [-0.25, -0.2) is 0 Å². The maximum atomic E-state index is 11.9. The lowest BCUT2D eigenvalue weighted by molar-refractivity contribution is 0.0897. The fourth-order valence-corrected chi connectivity index (χ4v) is 1.76. The van der Waals surface area contributed by atoms with Gasteiger partial charge in [0.15, 0.2) is 0 Å². The summed E-state index contributed by atoms with van der Waals surface area (Å²) in [5.74, 6) is -0.426. The molecule has 0 spiro atoms. The number of aliphatic hydroxyl groups is 1. The molecule has 1 aromatic rings. The Hall–Kier alpha value is -1.07. The zero-order valence-corrected chi connectivity index (χ0v) is 11.4. The van der Waals surface area contributed by atoms with Crippen LogP contribution in [0.1, 0.15) is 30.6 Å². The zero-order chi connectivity index (χ0) is 13.1. The molecule has 5 heteroatoms. The van der Waals surface area contributed by atoms with Crippen LogP contribution in [0, 0.1) is 0 Å². The minimum absolute atomic E-state index is 0.000397. The molecule has 3 N–H and O–H groups in total. The number of hydrogen-bond donors (Lipinski definition) is 3. The van der Waals surface area contributed by atoms with Crippen molar-refractivity contribution in [3.63, 3.8) is 0 Å². The SMILES string of the molecule is CC(C)(CCO)NC(=O)c1ccc(Br)cc1O. The van der Waals surface area contributed by atoms with E-state index in [1.54, 1.807) is 12.1 Å². The molecule has 0 atom stereocenters. The lowest BCUT2D eigenvalue weighted by Crippen LogP contribution is -2.44. The molecule has 0 saturated carbocycles. The molecule has 0 aromatic heterocycles. The number of carbonyl (C=O) groups is 1. The Morgan fingerprint density at radius 1 is 1.47 bits per heavy atom. The maximum absolute atomic E-state index is 11.9. The molecule has 94 valence electrons. The van der Waals surface area contributed by atoms with Crippen LogP contribution in [0.2, 0.25) is 0 Å². The highest BCUT2D eigenvalue weighted by Gasteiger charge is 2.22. The molecule has 4 nitrogen and oxygen atoms in total. The molecular formula is C12H16BrNO3. The summed E-state index contributed by atoms with van der Waals surface area (Å²) in [6, 6.07) is 4.70. The largest absolute Gasteiger partial charge is 0.507 e. The van der Waals surface area contributed by atoms with Crippen LogP contribution in [0.15, 0.2) is 22.7 Å². The third kappa shape index (κ3) is 4.02. The number of carbonyl (C=O) groups excluding carboxylic acids is 1. The average molecular weight is 302 g/mol. The van der Waals surface area contributed by atoms with Crippen LogP contribution in [-0.4, -0.2) is 28.3 Å². The summed E-state index contributed by atoms with van der Waals surface area (Å²) in [7, 11) is 0. The summed E-state index contributed by atoms with van der Waals surface area (Å²) in [5, 5.41) is 21.3. The summed E-state index contributed by atoms with van der Waals surface area (Å²) in [4.78, 5) is 11.9. The topological polar surface area (TPSA) is 69.6 Å². The van der Waals surface area contributed by atoms with E-state index in [2.05, 4.69) is 21.2 Å². The van der Waals surface area contributed by atoms with E-state index in [4.69, 9.17) is 5.11 Å². The van der Waals surface area contributed by atoms with Crippen LogP contribution in [0.3, 0.4) is 0 Å². The second kappa shape index (κ2) is 5.51. The molecule has 0 aliphatic heterocycles. The molecule has 0 radical (unpaired) electrons. The molecule has 0 saturated heterocycles. The summed E-state index contributed by atoms with van der Waals surface area (Å²) in [5.41, 5.74) is -0.287. The van der Waals surface area contributed by atoms with Crippen LogP contribution in [0.25, 0.3) is 0 Å². The lowest BCUT2D eigenvalue weighted by atomic mass is 10.0. The molecule has 1 amide bonds. The summed E-state index contributed by atoms with van der Waals surface area (Å²) in [6.45, 7) is 3.63. The molecule has 17 heavy (non-hydrogen) atoms. The van der Waals surface area contributed by atoms with E-state index in [1.807, 2.05) is 13.8 Å². The van der Waals surface area contributed by atoms with Crippen molar-refractivity contribution in [2.24, 2.45) is 0 Å². The first kappa shape index (κ1) is 14.0. The summed E-state index contributed by atoms with van der Waals surface area (Å²) < 4.78 is 0.709. The van der Waals surface area contributed by atoms with E-state index in [9.17, 15) is 9.90 Å². The number of benzene rings is 1. The minimum atomic E-state index is -0.509. The van der Waals surface area contributed by atoms with Gasteiger partial charge in [-0.3, -0.25) is 4.79 Å². The van der Waals surface area contributed by atoms with E-state index in [1.165, 1.54) is 6.07 Å². The molecule has 0 heterocycles. The number of aromatic hydroxyl groups is 1. The van der Waals surface area contributed by atoms with Crippen molar-refractivity contribution in [3.05, 3.63) is 28.2 Å². The van der Waals surface area contributed by atoms with E-state index in [0.717, 1.165) is 0 Å². The zero-order valence-electron chi connectivity index (χ0n) is 9.83. The molecule has 1 rings (SSSR count). The van der Waals surface area contributed by atoms with Gasteiger partial charge in [-0.05, 0) is 38.5 Å². The summed E-state index contributed by atoms with van der Waals surface area (Å²) >= 11 is 3.21. The molecule has 0 bridgehead atoms. The number of phenols is 1. The van der Waals surface area contributed by atoms with Crippen LogP contribution in [-0.2, 0) is 0 Å². The number of amides is 1. The van der Waals surface area contributed by atoms with E-state index >= 15 is 0 Å². The van der Waals surface area contributed by atoms with E-state index in [-0.39, 0.29) is 23.8 Å². The van der Waals surface area contributed by atoms with E-state index in [0.29, 0.717) is 10.9 Å². The highest BCUT2D eigenvalue weighted by Crippen LogP contribution is 2.23. The van der Waals surface area contributed by atoms with Crippen molar-refractivity contribution in [1.29, 1.82) is 0 Å². The molecular weight excluding hydrogens is 286 g/mol. The average Bonchev–Trinajstić information content (AvgIpc) is 2.15. The number of aliphatic hydroxyl groups excluding tert-OH is 1. The predicted octanol–water partition coefficient (Wildman–Crippen LogP) is 2.05. The smallest absolute Gasteiger partial charge is 0.255 e. The van der Waals surface area contributed by atoms with Crippen molar-refractivity contribution < 1.29 is 15.0 Å². The van der Waals surface area contributed by atoms with Gasteiger partial charge in [-0.15, -0.1) is 0 Å². The molecule has 0 unspecified atom stereocenters. The third-order valence-corrected chi connectivity index (χ3v) is 2.89. The fourth-order valence-electron chi connectivity index (χ4n) is 1.41. The minimum Gasteiger partial charge on any atom is -0.507 e. The van der Waals surface area contributed by atoms with Crippen molar-refractivity contribution >= 4 is 21.8 Å². The number of hydrogen-bond acceptors (Lipinski definition) is 3. The lowest BCUT2D eigenvalue weighted by Gasteiger charge is -2.25. The second-order valence-electron chi connectivity index (χ2n) is 4.47. The monoisotopic (exact) mass is 301 g/mol. The standard InChI is InChI=1S/C12H16BrNO3/c1-12(2,5-6-15)14-11(17)9-4-3-8(13)7-10(9)16/h3-4,7,15-16H,5-6H2,1-2H3,(H,14,17).